The van der Waals surface area contributed by atoms with Crippen LogP contribution >= 0.6 is 11.3 Å². The molecule has 7 atom stereocenters. The number of carbonyl (C=O) groups is 2. The summed E-state index contributed by atoms with van der Waals surface area (Å²) in [5, 5.41) is 28.3. The number of nitrogens with one attached hydrogen (secondary N) is 1. The highest BCUT2D eigenvalue weighted by molar-refractivity contribution is 7.09. The zero-order valence-corrected chi connectivity index (χ0v) is 26.9. The molecular weight excluding hydrogens is 542 g/mol. The number of thiazole rings is 1. The van der Waals surface area contributed by atoms with Crippen LogP contribution in [0.1, 0.15) is 84.3 Å². The molecule has 10 heteroatoms. The highest BCUT2D eigenvalue weighted by atomic mass is 32.1. The van der Waals surface area contributed by atoms with E-state index in [9.17, 15) is 19.8 Å². The van der Waals surface area contributed by atoms with Crippen molar-refractivity contribution in [3.8, 4) is 0 Å². The Morgan fingerprint density at radius 1 is 1.24 bits per heavy atom. The van der Waals surface area contributed by atoms with Gasteiger partial charge in [-0.05, 0) is 58.4 Å². The lowest BCUT2D eigenvalue weighted by molar-refractivity contribution is -0.154. The average molecular weight is 594 g/mol. The Labute approximate surface area is 249 Å². The fourth-order valence-corrected chi connectivity index (χ4v) is 6.31. The number of Topliss-reactive ketones (excluding diaryl/α,β-unsaturated/α-hetero) is 1. The molecule has 0 spiro atoms. The van der Waals surface area contributed by atoms with Gasteiger partial charge in [0.2, 0.25) is 0 Å². The standard InChI is InChI=1S/C31H51N3O6S/c1-19-10-9-11-31(6)25(40-31)15-23(20(2)14-22-18-41-26(33-22)17-32-12-13-34(7)8)39-27(36)16-24(35)30(4,5)29(38)21(3)28(19)37/h14,18-19,21,23-25,28,32,35,37H,9-13,15-17H2,1-8H3. The second kappa shape index (κ2) is 14.2. The topological polar surface area (TPSA) is 125 Å². The van der Waals surface area contributed by atoms with Gasteiger partial charge in [0.1, 0.15) is 16.9 Å². The van der Waals surface area contributed by atoms with Crippen LogP contribution < -0.4 is 5.32 Å². The number of likely N-dealkylation sites (N-methyl/N-ethyl adjacent to an activating group) is 1. The van der Waals surface area contributed by atoms with Crippen molar-refractivity contribution < 1.29 is 29.3 Å². The predicted octanol–water partition coefficient (Wildman–Crippen LogP) is 3.82. The van der Waals surface area contributed by atoms with E-state index in [1.807, 2.05) is 39.4 Å². The number of epoxide rings is 1. The van der Waals surface area contributed by atoms with Crippen LogP contribution in [0.25, 0.3) is 6.08 Å². The lowest BCUT2D eigenvalue weighted by atomic mass is 9.73. The number of nitrogens with zero attached hydrogens (tertiary/aromatic N) is 2. The molecule has 2 aliphatic rings. The van der Waals surface area contributed by atoms with Gasteiger partial charge >= 0.3 is 5.97 Å². The summed E-state index contributed by atoms with van der Waals surface area (Å²) in [6.45, 7) is 13.5. The third-order valence-corrected chi connectivity index (χ3v) is 9.74. The van der Waals surface area contributed by atoms with Gasteiger partial charge in [-0.25, -0.2) is 4.98 Å². The van der Waals surface area contributed by atoms with E-state index in [-0.39, 0.29) is 29.8 Å². The molecule has 232 valence electrons. The van der Waals surface area contributed by atoms with Gasteiger partial charge in [-0.1, -0.05) is 34.1 Å². The third-order valence-electron chi connectivity index (χ3n) is 8.87. The molecule has 3 rings (SSSR count). The molecule has 3 N–H and O–H groups in total. The first-order valence-corrected chi connectivity index (χ1v) is 15.8. The summed E-state index contributed by atoms with van der Waals surface area (Å²) in [4.78, 5) is 33.3. The Morgan fingerprint density at radius 3 is 2.63 bits per heavy atom. The normalized spacial score (nSPS) is 33.9. The molecule has 0 aliphatic carbocycles. The first-order valence-electron chi connectivity index (χ1n) is 14.9. The van der Waals surface area contributed by atoms with E-state index < -0.39 is 35.6 Å². The largest absolute Gasteiger partial charge is 0.458 e. The number of esters is 1. The van der Waals surface area contributed by atoms with E-state index in [1.165, 1.54) is 0 Å². The number of aromatic nitrogens is 1. The van der Waals surface area contributed by atoms with Crippen LogP contribution in [-0.2, 0) is 25.6 Å². The van der Waals surface area contributed by atoms with Crippen LogP contribution in [0.5, 0.6) is 0 Å². The zero-order valence-electron chi connectivity index (χ0n) is 26.1. The van der Waals surface area contributed by atoms with E-state index >= 15 is 0 Å². The van der Waals surface area contributed by atoms with Crippen molar-refractivity contribution in [2.24, 2.45) is 17.3 Å². The summed E-state index contributed by atoms with van der Waals surface area (Å²) in [5.74, 6) is -1.57. The lowest BCUT2D eigenvalue weighted by Crippen LogP contribution is -2.45. The number of fused-ring (bicyclic) bond motifs is 1. The maximum Gasteiger partial charge on any atom is 0.309 e. The van der Waals surface area contributed by atoms with Gasteiger partial charge in [0, 0.05) is 37.4 Å². The molecule has 0 bridgehead atoms. The maximum atomic E-state index is 13.3. The molecule has 1 aromatic heterocycles. The van der Waals surface area contributed by atoms with E-state index in [0.717, 1.165) is 48.6 Å². The lowest BCUT2D eigenvalue weighted by Gasteiger charge is -2.34. The Balaban J connectivity index is 1.77. The number of aliphatic hydroxyl groups is 2. The molecular formula is C31H51N3O6S. The molecule has 2 aliphatic heterocycles. The summed E-state index contributed by atoms with van der Waals surface area (Å²) in [5.41, 5.74) is 0.131. The van der Waals surface area contributed by atoms with Gasteiger partial charge in [-0.15, -0.1) is 11.3 Å². The van der Waals surface area contributed by atoms with Crippen LogP contribution in [0.15, 0.2) is 11.0 Å². The van der Waals surface area contributed by atoms with E-state index in [2.05, 4.69) is 17.1 Å². The van der Waals surface area contributed by atoms with Gasteiger partial charge in [0.15, 0.2) is 0 Å². The Hall–Kier alpha value is -1.69. The Bertz CT molecular complexity index is 1070. The highest BCUT2D eigenvalue weighted by Gasteiger charge is 2.53. The van der Waals surface area contributed by atoms with Crippen molar-refractivity contribution in [2.75, 3.05) is 27.2 Å². The van der Waals surface area contributed by atoms with Crippen LogP contribution in [0.2, 0.25) is 0 Å². The highest BCUT2D eigenvalue weighted by Crippen LogP contribution is 2.45. The summed E-state index contributed by atoms with van der Waals surface area (Å²) in [6, 6.07) is 0. The average Bonchev–Trinajstić information content (AvgIpc) is 3.31. The van der Waals surface area contributed by atoms with Crippen LogP contribution in [-0.4, -0.2) is 89.1 Å². The molecule has 2 saturated heterocycles. The van der Waals surface area contributed by atoms with Gasteiger partial charge in [-0.2, -0.15) is 0 Å². The predicted molar refractivity (Wildman–Crippen MR) is 161 cm³/mol. The van der Waals surface area contributed by atoms with Gasteiger partial charge in [0.05, 0.1) is 41.4 Å². The van der Waals surface area contributed by atoms with E-state index in [0.29, 0.717) is 13.0 Å². The fourth-order valence-electron chi connectivity index (χ4n) is 5.59. The van der Waals surface area contributed by atoms with E-state index in [4.69, 9.17) is 14.5 Å². The number of hydrogen-bond acceptors (Lipinski definition) is 10. The first kappa shape index (κ1) is 33.8. The molecule has 41 heavy (non-hydrogen) atoms. The first-order chi connectivity index (χ1) is 19.1. The van der Waals surface area contributed by atoms with Crippen molar-refractivity contribution in [3.63, 3.8) is 0 Å². The minimum atomic E-state index is -1.24. The zero-order chi connectivity index (χ0) is 30.5. The number of hydrogen-bond donors (Lipinski definition) is 3. The molecule has 3 heterocycles. The molecule has 0 radical (unpaired) electrons. The van der Waals surface area contributed by atoms with Crippen molar-refractivity contribution >= 4 is 29.2 Å². The number of cyclic esters (lactones) is 1. The van der Waals surface area contributed by atoms with Gasteiger partial charge in [-0.3, -0.25) is 9.59 Å². The van der Waals surface area contributed by atoms with Crippen molar-refractivity contribution in [2.45, 2.75) is 110 Å². The Morgan fingerprint density at radius 2 is 1.95 bits per heavy atom. The smallest absolute Gasteiger partial charge is 0.309 e. The minimum absolute atomic E-state index is 0.0643. The summed E-state index contributed by atoms with van der Waals surface area (Å²) >= 11 is 1.59. The molecule has 9 nitrogen and oxygen atoms in total. The third kappa shape index (κ3) is 9.15. The van der Waals surface area contributed by atoms with E-state index in [1.54, 1.807) is 32.1 Å². The summed E-state index contributed by atoms with van der Waals surface area (Å²) in [7, 11) is 4.08. The maximum absolute atomic E-state index is 13.3. The molecule has 1 aromatic rings. The molecule has 0 amide bonds. The number of aliphatic hydroxyl groups excluding tert-OH is 2. The summed E-state index contributed by atoms with van der Waals surface area (Å²) in [6.07, 6.45) is 1.89. The molecule has 7 unspecified atom stereocenters. The van der Waals surface area contributed by atoms with Crippen LogP contribution in [0.3, 0.4) is 0 Å². The molecule has 0 aromatic carbocycles. The monoisotopic (exact) mass is 593 g/mol. The van der Waals surface area contributed by atoms with Gasteiger partial charge in [0.25, 0.3) is 0 Å². The minimum Gasteiger partial charge on any atom is -0.458 e. The van der Waals surface area contributed by atoms with Gasteiger partial charge < -0.3 is 29.9 Å². The quantitative estimate of drug-likeness (QED) is 0.246. The van der Waals surface area contributed by atoms with Crippen molar-refractivity contribution in [1.29, 1.82) is 0 Å². The number of ketones is 1. The van der Waals surface area contributed by atoms with Crippen LogP contribution in [0.4, 0.5) is 0 Å². The number of rotatable bonds is 7. The van der Waals surface area contributed by atoms with Crippen molar-refractivity contribution in [3.05, 3.63) is 21.7 Å². The molecule has 0 saturated carbocycles. The Kier molecular flexibility index (Phi) is 11.7. The second-order valence-corrected chi connectivity index (χ2v) is 14.1. The van der Waals surface area contributed by atoms with Crippen molar-refractivity contribution in [1.82, 2.24) is 15.2 Å². The number of ether oxygens (including phenoxy) is 2. The SMILES string of the molecule is CC(=Cc1csc(CNCCN(C)C)n1)C1CC2OC2(C)CCCC(C)C(O)C(C)C(=O)C(C)(C)C(O)CC(=O)O1. The number of carbonyl (C=O) groups excluding carboxylic acids is 2. The second-order valence-electron chi connectivity index (χ2n) is 13.1. The van der Waals surface area contributed by atoms with Crippen LogP contribution in [0, 0.1) is 17.3 Å². The fraction of sp³-hybridized carbons (Fsp3) is 0.774. The summed E-state index contributed by atoms with van der Waals surface area (Å²) < 4.78 is 12.1. The molecule has 2 fully saturated rings.